The van der Waals surface area contributed by atoms with Crippen LogP contribution in [0.2, 0.25) is 0 Å². The number of carboxylic acids is 1. The largest absolute Gasteiger partial charge is 0.479 e. The van der Waals surface area contributed by atoms with Crippen LogP contribution in [-0.4, -0.2) is 29.8 Å². The van der Waals surface area contributed by atoms with Crippen LogP contribution >= 0.6 is 0 Å². The van der Waals surface area contributed by atoms with E-state index >= 15 is 0 Å². The molecular formula is C11H10O5. The number of carboxylic acid groups (broad SMARTS) is 1. The Morgan fingerprint density at radius 1 is 1.38 bits per heavy atom. The van der Waals surface area contributed by atoms with Crippen LogP contribution in [-0.2, 0) is 9.53 Å². The van der Waals surface area contributed by atoms with Gasteiger partial charge in [0.05, 0.1) is 12.2 Å². The Bertz CT molecular complexity index is 409. The zero-order valence-electron chi connectivity index (χ0n) is 8.38. The van der Waals surface area contributed by atoms with Crippen molar-refractivity contribution >= 4 is 11.9 Å². The summed E-state index contributed by atoms with van der Waals surface area (Å²) in [5, 5.41) is 8.69. The van der Waals surface area contributed by atoms with Crippen molar-refractivity contribution in [1.82, 2.24) is 0 Å². The van der Waals surface area contributed by atoms with Crippen molar-refractivity contribution in [3.63, 3.8) is 0 Å². The summed E-state index contributed by atoms with van der Waals surface area (Å²) in [4.78, 5) is 21.7. The molecule has 1 N–H and O–H groups in total. The van der Waals surface area contributed by atoms with E-state index < -0.39 is 12.1 Å². The molecule has 5 nitrogen and oxygen atoms in total. The van der Waals surface area contributed by atoms with E-state index in [1.54, 1.807) is 0 Å². The second-order valence-electron chi connectivity index (χ2n) is 3.39. The van der Waals surface area contributed by atoms with E-state index in [1.165, 1.54) is 24.3 Å². The highest BCUT2D eigenvalue weighted by Crippen LogP contribution is 2.18. The molecule has 16 heavy (non-hydrogen) atoms. The predicted molar refractivity (Wildman–Crippen MR) is 53.4 cm³/mol. The highest BCUT2D eigenvalue weighted by atomic mass is 16.6. The molecule has 1 unspecified atom stereocenters. The van der Waals surface area contributed by atoms with Crippen LogP contribution in [0, 0.1) is 0 Å². The van der Waals surface area contributed by atoms with Crippen molar-refractivity contribution in [3.05, 3.63) is 29.8 Å². The smallest absolute Gasteiger partial charge is 0.347 e. The van der Waals surface area contributed by atoms with Gasteiger partial charge in [0.25, 0.3) is 0 Å². The average molecular weight is 222 g/mol. The van der Waals surface area contributed by atoms with E-state index in [2.05, 4.69) is 0 Å². The fourth-order valence-corrected chi connectivity index (χ4v) is 1.42. The van der Waals surface area contributed by atoms with Crippen molar-refractivity contribution in [3.8, 4) is 5.75 Å². The fourth-order valence-electron chi connectivity index (χ4n) is 1.42. The summed E-state index contributed by atoms with van der Waals surface area (Å²) < 4.78 is 10.1. The van der Waals surface area contributed by atoms with Crippen LogP contribution in [0.4, 0.5) is 0 Å². The van der Waals surface area contributed by atoms with Gasteiger partial charge in [-0.2, -0.15) is 0 Å². The zero-order valence-corrected chi connectivity index (χ0v) is 8.38. The summed E-state index contributed by atoms with van der Waals surface area (Å²) in [6.07, 6.45) is -0.0461. The number of benzene rings is 1. The fraction of sp³-hybridized carbons (Fsp3) is 0.273. The summed E-state index contributed by atoms with van der Waals surface area (Å²) >= 11 is 0. The molecule has 1 heterocycles. The van der Waals surface area contributed by atoms with Crippen molar-refractivity contribution in [2.24, 2.45) is 0 Å². The third kappa shape index (κ3) is 2.13. The van der Waals surface area contributed by atoms with Gasteiger partial charge in [-0.3, -0.25) is 0 Å². The molecule has 0 saturated carbocycles. The van der Waals surface area contributed by atoms with Crippen molar-refractivity contribution in [1.29, 1.82) is 0 Å². The van der Waals surface area contributed by atoms with Crippen LogP contribution in [0.1, 0.15) is 16.8 Å². The van der Waals surface area contributed by atoms with E-state index in [0.29, 0.717) is 18.8 Å². The van der Waals surface area contributed by atoms with E-state index in [-0.39, 0.29) is 11.5 Å². The summed E-state index contributed by atoms with van der Waals surface area (Å²) in [7, 11) is 0. The Kier molecular flexibility index (Phi) is 2.76. The van der Waals surface area contributed by atoms with Crippen molar-refractivity contribution < 1.29 is 24.2 Å². The van der Waals surface area contributed by atoms with Gasteiger partial charge in [-0.1, -0.05) is 0 Å². The minimum Gasteiger partial charge on any atom is -0.479 e. The molecule has 0 amide bonds. The molecular weight excluding hydrogens is 212 g/mol. The maximum atomic E-state index is 11.1. The first-order valence-corrected chi connectivity index (χ1v) is 4.83. The lowest BCUT2D eigenvalue weighted by atomic mass is 10.2. The minimum atomic E-state index is -0.994. The third-order valence-electron chi connectivity index (χ3n) is 2.27. The van der Waals surface area contributed by atoms with Crippen LogP contribution in [0.5, 0.6) is 5.75 Å². The third-order valence-corrected chi connectivity index (χ3v) is 2.27. The van der Waals surface area contributed by atoms with Gasteiger partial charge in [0.1, 0.15) is 5.75 Å². The number of carbonyl (C=O) groups excluding carboxylic acids is 1. The molecule has 1 aromatic rings. The molecule has 0 spiro atoms. The molecule has 5 heteroatoms. The number of ether oxygens (including phenoxy) is 2. The minimum absolute atomic E-state index is 0.182. The van der Waals surface area contributed by atoms with Gasteiger partial charge in [0, 0.05) is 6.42 Å². The number of hydrogen-bond acceptors (Lipinski definition) is 4. The maximum Gasteiger partial charge on any atom is 0.347 e. The molecule has 1 fully saturated rings. The second kappa shape index (κ2) is 4.22. The predicted octanol–water partition coefficient (Wildman–Crippen LogP) is 1.08. The van der Waals surface area contributed by atoms with E-state index in [9.17, 15) is 9.59 Å². The first-order valence-electron chi connectivity index (χ1n) is 4.83. The Morgan fingerprint density at radius 3 is 2.56 bits per heavy atom. The van der Waals surface area contributed by atoms with E-state index in [4.69, 9.17) is 14.6 Å². The van der Waals surface area contributed by atoms with Gasteiger partial charge in [0.2, 0.25) is 0 Å². The lowest BCUT2D eigenvalue weighted by molar-refractivity contribution is -0.143. The number of carbonyl (C=O) groups is 2. The maximum absolute atomic E-state index is 11.1. The topological polar surface area (TPSA) is 72.8 Å². The quantitative estimate of drug-likeness (QED) is 0.774. The highest BCUT2D eigenvalue weighted by molar-refractivity contribution is 5.87. The van der Waals surface area contributed by atoms with Gasteiger partial charge >= 0.3 is 11.9 Å². The molecule has 84 valence electrons. The van der Waals surface area contributed by atoms with Gasteiger partial charge in [-0.05, 0) is 24.3 Å². The van der Waals surface area contributed by atoms with Crippen LogP contribution in [0.25, 0.3) is 0 Å². The molecule has 1 saturated heterocycles. The van der Waals surface area contributed by atoms with E-state index in [1.807, 2.05) is 0 Å². The van der Waals surface area contributed by atoms with Crippen molar-refractivity contribution in [2.45, 2.75) is 12.5 Å². The highest BCUT2D eigenvalue weighted by Gasteiger charge is 2.28. The van der Waals surface area contributed by atoms with Gasteiger partial charge < -0.3 is 14.6 Å². The SMILES string of the molecule is O=C(O)c1ccc(OC2CCOC2=O)cc1. The molecule has 1 aliphatic rings. The monoisotopic (exact) mass is 222 g/mol. The molecule has 0 bridgehead atoms. The normalized spacial score (nSPS) is 19.2. The Hall–Kier alpha value is -2.04. The van der Waals surface area contributed by atoms with E-state index in [0.717, 1.165) is 0 Å². The molecule has 1 aromatic carbocycles. The Labute approximate surface area is 91.6 Å². The molecule has 1 atom stereocenters. The standard InChI is InChI=1S/C11H10O5/c12-10(13)7-1-3-8(4-2-7)16-9-5-6-15-11(9)14/h1-4,9H,5-6H2,(H,12,13). The molecule has 2 rings (SSSR count). The summed E-state index contributed by atoms with van der Waals surface area (Å²) in [6, 6.07) is 5.90. The number of hydrogen-bond donors (Lipinski definition) is 1. The lowest BCUT2D eigenvalue weighted by Crippen LogP contribution is -2.21. The van der Waals surface area contributed by atoms with Crippen LogP contribution < -0.4 is 4.74 Å². The summed E-state index contributed by atoms with van der Waals surface area (Å²) in [6.45, 7) is 0.372. The second-order valence-corrected chi connectivity index (χ2v) is 3.39. The van der Waals surface area contributed by atoms with Gasteiger partial charge in [-0.15, -0.1) is 0 Å². The number of rotatable bonds is 3. The van der Waals surface area contributed by atoms with Crippen LogP contribution in [0.15, 0.2) is 24.3 Å². The molecule has 1 aliphatic heterocycles. The number of cyclic esters (lactones) is 1. The number of aromatic carboxylic acids is 1. The van der Waals surface area contributed by atoms with Crippen molar-refractivity contribution in [2.75, 3.05) is 6.61 Å². The molecule has 0 aliphatic carbocycles. The van der Waals surface area contributed by atoms with Gasteiger partial charge in [0.15, 0.2) is 6.10 Å². The summed E-state index contributed by atoms with van der Waals surface area (Å²) in [5.41, 5.74) is 0.182. The summed E-state index contributed by atoms with van der Waals surface area (Å²) in [5.74, 6) is -0.900. The zero-order chi connectivity index (χ0) is 11.5. The lowest BCUT2D eigenvalue weighted by Gasteiger charge is -2.09. The number of esters is 1. The first-order chi connectivity index (χ1) is 7.66. The Balaban J connectivity index is 2.05. The molecule has 0 aromatic heterocycles. The molecule has 0 radical (unpaired) electrons. The van der Waals surface area contributed by atoms with Gasteiger partial charge in [-0.25, -0.2) is 9.59 Å². The first kappa shape index (κ1) is 10.5. The van der Waals surface area contributed by atoms with Crippen LogP contribution in [0.3, 0.4) is 0 Å². The Morgan fingerprint density at radius 2 is 2.06 bits per heavy atom. The average Bonchev–Trinajstić information content (AvgIpc) is 2.65.